The van der Waals surface area contributed by atoms with Crippen LogP contribution in [-0.4, -0.2) is 24.3 Å². The summed E-state index contributed by atoms with van der Waals surface area (Å²) in [4.78, 5) is 34.2. The first kappa shape index (κ1) is 14.9. The largest absolute Gasteiger partial charge is 0.350 e. The molecule has 0 unspecified atom stereocenters. The summed E-state index contributed by atoms with van der Waals surface area (Å²) in [6.45, 7) is 1.62. The van der Waals surface area contributed by atoms with Gasteiger partial charge in [0.1, 0.15) is 0 Å². The van der Waals surface area contributed by atoms with Gasteiger partial charge in [0, 0.05) is 6.54 Å². The van der Waals surface area contributed by atoms with Crippen LogP contribution >= 0.6 is 11.6 Å². The minimum Gasteiger partial charge on any atom is -0.294 e. The molecule has 0 aliphatic carbocycles. The molecule has 0 fully saturated rings. The number of aromatic nitrogens is 4. The maximum absolute atomic E-state index is 12.1. The molecule has 0 N–H and O–H groups in total. The normalized spacial score (nSPS) is 10.6. The second kappa shape index (κ2) is 5.83. The van der Waals surface area contributed by atoms with Crippen LogP contribution < -0.4 is 11.2 Å². The van der Waals surface area contributed by atoms with Crippen molar-refractivity contribution in [2.45, 2.75) is 20.0 Å². The number of aryl methyl sites for hydroxylation is 1. The molecule has 0 aliphatic heterocycles. The standard InChI is InChI=1S/C11H10ClN5O4/c1-2-15-6-8(17(20)21)10(18)16(11(15)19)5-7-3-4-9(12)14-13-7/h3-4,6H,2,5H2,1H3. The molecule has 2 aromatic rings. The summed E-state index contributed by atoms with van der Waals surface area (Å²) < 4.78 is 1.84. The third-order valence-electron chi connectivity index (χ3n) is 2.76. The van der Waals surface area contributed by atoms with Gasteiger partial charge in [0.05, 0.1) is 23.4 Å². The van der Waals surface area contributed by atoms with Crippen molar-refractivity contribution in [3.8, 4) is 0 Å². The minimum atomic E-state index is -0.980. The molecule has 0 atom stereocenters. The van der Waals surface area contributed by atoms with Gasteiger partial charge >= 0.3 is 16.9 Å². The molecule has 0 aliphatic rings. The fourth-order valence-corrected chi connectivity index (χ4v) is 1.82. The highest BCUT2D eigenvalue weighted by Crippen LogP contribution is 2.04. The molecule has 0 radical (unpaired) electrons. The lowest BCUT2D eigenvalue weighted by molar-refractivity contribution is -0.387. The molecule has 21 heavy (non-hydrogen) atoms. The molecule has 0 saturated heterocycles. The number of nitro groups is 1. The van der Waals surface area contributed by atoms with Crippen molar-refractivity contribution in [2.75, 3.05) is 0 Å². The first-order chi connectivity index (χ1) is 9.93. The van der Waals surface area contributed by atoms with Gasteiger partial charge in [-0.1, -0.05) is 11.6 Å². The SMILES string of the molecule is CCn1cc([N+](=O)[O-])c(=O)n(Cc2ccc(Cl)nn2)c1=O. The van der Waals surface area contributed by atoms with Crippen LogP contribution in [0, 0.1) is 10.1 Å². The highest BCUT2D eigenvalue weighted by molar-refractivity contribution is 6.29. The molecule has 0 amide bonds. The number of rotatable bonds is 4. The third kappa shape index (κ3) is 2.97. The Morgan fingerprint density at radius 2 is 2.05 bits per heavy atom. The van der Waals surface area contributed by atoms with Crippen molar-refractivity contribution in [1.82, 2.24) is 19.3 Å². The lowest BCUT2D eigenvalue weighted by Crippen LogP contribution is -2.40. The second-order valence-electron chi connectivity index (χ2n) is 4.08. The van der Waals surface area contributed by atoms with Crippen LogP contribution in [0.4, 0.5) is 5.69 Å². The predicted octanol–water partition coefficient (Wildman–Crippen LogP) is 0.430. The Kier molecular flexibility index (Phi) is 4.13. The number of nitrogens with zero attached hydrogens (tertiary/aromatic N) is 5. The lowest BCUT2D eigenvalue weighted by atomic mass is 10.4. The Hall–Kier alpha value is -2.55. The van der Waals surface area contributed by atoms with Gasteiger partial charge < -0.3 is 0 Å². The van der Waals surface area contributed by atoms with Crippen LogP contribution in [0.25, 0.3) is 0 Å². The molecule has 2 heterocycles. The summed E-state index contributed by atoms with van der Waals surface area (Å²) in [7, 11) is 0. The zero-order valence-electron chi connectivity index (χ0n) is 10.9. The highest BCUT2D eigenvalue weighted by atomic mass is 35.5. The van der Waals surface area contributed by atoms with Gasteiger partial charge in [-0.2, -0.15) is 5.10 Å². The van der Waals surface area contributed by atoms with Gasteiger partial charge in [0.15, 0.2) is 5.15 Å². The van der Waals surface area contributed by atoms with E-state index >= 15 is 0 Å². The van der Waals surface area contributed by atoms with Crippen molar-refractivity contribution in [2.24, 2.45) is 0 Å². The van der Waals surface area contributed by atoms with Crippen molar-refractivity contribution >= 4 is 17.3 Å². The Morgan fingerprint density at radius 1 is 1.33 bits per heavy atom. The third-order valence-corrected chi connectivity index (χ3v) is 2.97. The Bertz CT molecular complexity index is 796. The molecule has 0 aromatic carbocycles. The highest BCUT2D eigenvalue weighted by Gasteiger charge is 2.19. The monoisotopic (exact) mass is 311 g/mol. The number of hydrogen-bond acceptors (Lipinski definition) is 6. The van der Waals surface area contributed by atoms with Gasteiger partial charge in [0.25, 0.3) is 0 Å². The van der Waals surface area contributed by atoms with Crippen molar-refractivity contribution in [1.29, 1.82) is 0 Å². The van der Waals surface area contributed by atoms with Crippen molar-refractivity contribution in [3.63, 3.8) is 0 Å². The van der Waals surface area contributed by atoms with E-state index in [4.69, 9.17) is 11.6 Å². The zero-order chi connectivity index (χ0) is 15.6. The molecule has 10 heteroatoms. The lowest BCUT2D eigenvalue weighted by Gasteiger charge is -2.07. The van der Waals surface area contributed by atoms with Crippen LogP contribution in [0.3, 0.4) is 0 Å². The van der Waals surface area contributed by atoms with Gasteiger partial charge in [-0.25, -0.2) is 9.36 Å². The summed E-state index contributed by atoms with van der Waals surface area (Å²) in [6, 6.07) is 2.93. The molecular weight excluding hydrogens is 302 g/mol. The molecule has 0 bridgehead atoms. The Balaban J connectivity index is 2.59. The molecule has 0 spiro atoms. The van der Waals surface area contributed by atoms with Crippen molar-refractivity contribution < 1.29 is 4.92 Å². The molecule has 9 nitrogen and oxygen atoms in total. The molecule has 2 rings (SSSR count). The summed E-state index contributed by atoms with van der Waals surface area (Å²) in [5.41, 5.74) is -2.00. The maximum Gasteiger partial charge on any atom is 0.350 e. The average Bonchev–Trinajstić information content (AvgIpc) is 2.45. The fourth-order valence-electron chi connectivity index (χ4n) is 1.72. The van der Waals surface area contributed by atoms with E-state index in [0.29, 0.717) is 5.69 Å². The van der Waals surface area contributed by atoms with Crippen LogP contribution in [0.5, 0.6) is 0 Å². The van der Waals surface area contributed by atoms with E-state index in [1.165, 1.54) is 12.1 Å². The topological polar surface area (TPSA) is 113 Å². The first-order valence-electron chi connectivity index (χ1n) is 5.90. The summed E-state index contributed by atoms with van der Waals surface area (Å²) in [6.07, 6.45) is 0.939. The van der Waals surface area contributed by atoms with E-state index in [1.807, 2.05) is 0 Å². The van der Waals surface area contributed by atoms with Crippen LogP contribution in [-0.2, 0) is 13.1 Å². The first-order valence-corrected chi connectivity index (χ1v) is 6.28. The second-order valence-corrected chi connectivity index (χ2v) is 4.47. The zero-order valence-corrected chi connectivity index (χ0v) is 11.6. The van der Waals surface area contributed by atoms with E-state index in [1.54, 1.807) is 6.92 Å². The maximum atomic E-state index is 12.1. The summed E-state index contributed by atoms with van der Waals surface area (Å²) in [5.74, 6) is 0. The number of hydrogen-bond donors (Lipinski definition) is 0. The quantitative estimate of drug-likeness (QED) is 0.597. The molecule has 0 saturated carbocycles. The van der Waals surface area contributed by atoms with Crippen LogP contribution in [0.2, 0.25) is 5.15 Å². The van der Waals surface area contributed by atoms with E-state index in [9.17, 15) is 19.7 Å². The van der Waals surface area contributed by atoms with E-state index in [2.05, 4.69) is 10.2 Å². The summed E-state index contributed by atoms with van der Waals surface area (Å²) in [5, 5.41) is 18.4. The minimum absolute atomic E-state index is 0.163. The predicted molar refractivity (Wildman–Crippen MR) is 73.4 cm³/mol. The summed E-state index contributed by atoms with van der Waals surface area (Å²) >= 11 is 5.59. The van der Waals surface area contributed by atoms with Crippen LogP contribution in [0.1, 0.15) is 12.6 Å². The fraction of sp³-hybridized carbons (Fsp3) is 0.273. The van der Waals surface area contributed by atoms with E-state index in [-0.39, 0.29) is 18.2 Å². The smallest absolute Gasteiger partial charge is 0.294 e. The average molecular weight is 312 g/mol. The van der Waals surface area contributed by atoms with Crippen molar-refractivity contribution in [3.05, 3.63) is 60.1 Å². The van der Waals surface area contributed by atoms with Gasteiger partial charge in [0.2, 0.25) is 0 Å². The van der Waals surface area contributed by atoms with Gasteiger partial charge in [-0.15, -0.1) is 5.10 Å². The molecule has 110 valence electrons. The Labute approximate surface area is 122 Å². The van der Waals surface area contributed by atoms with Gasteiger partial charge in [-0.3, -0.25) is 19.5 Å². The molecular formula is C11H10ClN5O4. The van der Waals surface area contributed by atoms with Crippen LogP contribution in [0.15, 0.2) is 27.9 Å². The molecule has 2 aromatic heterocycles. The van der Waals surface area contributed by atoms with E-state index < -0.39 is 21.9 Å². The Morgan fingerprint density at radius 3 is 2.57 bits per heavy atom. The van der Waals surface area contributed by atoms with E-state index in [0.717, 1.165) is 15.3 Å². The number of halogens is 1. The van der Waals surface area contributed by atoms with Gasteiger partial charge in [-0.05, 0) is 19.1 Å².